The van der Waals surface area contributed by atoms with Gasteiger partial charge in [0.05, 0.1) is 17.6 Å². The van der Waals surface area contributed by atoms with Crippen LogP contribution in [-0.2, 0) is 11.3 Å². The topological polar surface area (TPSA) is 81.8 Å². The molecule has 0 saturated heterocycles. The predicted molar refractivity (Wildman–Crippen MR) is 103 cm³/mol. The van der Waals surface area contributed by atoms with E-state index in [4.69, 9.17) is 0 Å². The van der Waals surface area contributed by atoms with Gasteiger partial charge in [0.15, 0.2) is 5.65 Å². The molecule has 7 nitrogen and oxygen atoms in total. The molecule has 0 saturated carbocycles. The fourth-order valence-corrected chi connectivity index (χ4v) is 2.97. The Balaban J connectivity index is 1.62. The fraction of sp³-hybridized carbons (Fsp3) is 0.100. The van der Waals surface area contributed by atoms with E-state index in [1.165, 1.54) is 12.5 Å². The van der Waals surface area contributed by atoms with Crippen LogP contribution in [0.15, 0.2) is 59.8 Å². The molecule has 1 amide bonds. The molecule has 2 heterocycles. The molecule has 0 aliphatic heterocycles. The smallest absolute Gasteiger partial charge is 0.264 e. The third-order valence-corrected chi connectivity index (χ3v) is 4.42. The number of fused-ring (bicyclic) bond motifs is 1. The molecule has 0 fully saturated rings. The van der Waals surface area contributed by atoms with Crippen LogP contribution in [0.25, 0.3) is 16.7 Å². The number of rotatable bonds is 4. The minimum absolute atomic E-state index is 0.175. The summed E-state index contributed by atoms with van der Waals surface area (Å²) in [7, 11) is 0. The number of nitrogens with one attached hydrogen (secondary N) is 1. The van der Waals surface area contributed by atoms with E-state index in [1.54, 1.807) is 4.68 Å². The van der Waals surface area contributed by atoms with Gasteiger partial charge in [-0.2, -0.15) is 5.10 Å². The summed E-state index contributed by atoms with van der Waals surface area (Å²) in [4.78, 5) is 29.2. The molecule has 0 bridgehead atoms. The number of carbonyl (C=O) groups excluding carboxylic acids is 1. The quantitative estimate of drug-likeness (QED) is 0.576. The molecule has 0 unspecified atom stereocenters. The van der Waals surface area contributed by atoms with Crippen molar-refractivity contribution in [1.29, 1.82) is 0 Å². The molecule has 146 valence electrons. The number of para-hydroxylation sites is 1. The zero-order valence-electron chi connectivity index (χ0n) is 15.3. The van der Waals surface area contributed by atoms with Crippen LogP contribution in [0, 0.1) is 18.6 Å². The summed E-state index contributed by atoms with van der Waals surface area (Å²) in [5, 5.41) is 6.81. The largest absolute Gasteiger partial charge is 0.322 e. The van der Waals surface area contributed by atoms with Crippen molar-refractivity contribution in [2.24, 2.45) is 0 Å². The number of benzene rings is 2. The van der Waals surface area contributed by atoms with Crippen molar-refractivity contribution in [2.45, 2.75) is 13.5 Å². The summed E-state index contributed by atoms with van der Waals surface area (Å²) < 4.78 is 29.3. The van der Waals surface area contributed by atoms with E-state index >= 15 is 0 Å². The van der Waals surface area contributed by atoms with Crippen molar-refractivity contribution in [3.63, 3.8) is 0 Å². The second kappa shape index (κ2) is 7.27. The van der Waals surface area contributed by atoms with Gasteiger partial charge in [0.25, 0.3) is 5.56 Å². The third kappa shape index (κ3) is 3.49. The SMILES string of the molecule is Cc1ccccc1-n1ncc2c(=O)n(CC(=O)Nc3ccc(F)cc3F)cnc21. The van der Waals surface area contributed by atoms with Gasteiger partial charge in [-0.3, -0.25) is 14.2 Å². The van der Waals surface area contributed by atoms with Gasteiger partial charge in [-0.15, -0.1) is 0 Å². The van der Waals surface area contributed by atoms with E-state index in [0.717, 1.165) is 28.0 Å². The first-order chi connectivity index (χ1) is 13.9. The zero-order chi connectivity index (χ0) is 20.5. The Morgan fingerprint density at radius 2 is 1.97 bits per heavy atom. The lowest BCUT2D eigenvalue weighted by Gasteiger charge is -2.09. The van der Waals surface area contributed by atoms with Gasteiger partial charge in [-0.1, -0.05) is 18.2 Å². The molecular formula is C20H15F2N5O2. The standard InChI is InChI=1S/C20H15F2N5O2/c1-12-4-2-3-5-17(12)27-19-14(9-24-27)20(29)26(11-23-19)10-18(28)25-16-7-6-13(21)8-15(16)22/h2-9,11H,10H2,1H3,(H,25,28). The second-order valence-corrected chi connectivity index (χ2v) is 6.43. The Hall–Kier alpha value is -3.88. The van der Waals surface area contributed by atoms with Crippen LogP contribution in [0.3, 0.4) is 0 Å². The second-order valence-electron chi connectivity index (χ2n) is 6.43. The average Bonchev–Trinajstić information content (AvgIpc) is 3.11. The van der Waals surface area contributed by atoms with Crippen LogP contribution in [0.5, 0.6) is 0 Å². The van der Waals surface area contributed by atoms with Gasteiger partial charge >= 0.3 is 0 Å². The first-order valence-corrected chi connectivity index (χ1v) is 8.68. The Morgan fingerprint density at radius 3 is 2.72 bits per heavy atom. The summed E-state index contributed by atoms with van der Waals surface area (Å²) >= 11 is 0. The van der Waals surface area contributed by atoms with E-state index in [1.807, 2.05) is 31.2 Å². The molecule has 1 N–H and O–H groups in total. The number of anilines is 1. The summed E-state index contributed by atoms with van der Waals surface area (Å²) in [6.07, 6.45) is 2.63. The highest BCUT2D eigenvalue weighted by atomic mass is 19.1. The molecular weight excluding hydrogens is 380 g/mol. The van der Waals surface area contributed by atoms with E-state index in [-0.39, 0.29) is 17.6 Å². The Morgan fingerprint density at radius 1 is 1.17 bits per heavy atom. The zero-order valence-corrected chi connectivity index (χ0v) is 15.3. The number of carbonyl (C=O) groups is 1. The normalized spacial score (nSPS) is 11.0. The molecule has 4 rings (SSSR count). The number of hydrogen-bond acceptors (Lipinski definition) is 4. The van der Waals surface area contributed by atoms with E-state index in [0.29, 0.717) is 11.7 Å². The number of amides is 1. The van der Waals surface area contributed by atoms with E-state index < -0.39 is 23.1 Å². The Bertz CT molecular complexity index is 1300. The van der Waals surface area contributed by atoms with Crippen molar-refractivity contribution < 1.29 is 13.6 Å². The summed E-state index contributed by atoms with van der Waals surface area (Å²) in [5.41, 5.74) is 1.49. The van der Waals surface area contributed by atoms with Crippen molar-refractivity contribution in [1.82, 2.24) is 19.3 Å². The van der Waals surface area contributed by atoms with Gasteiger partial charge in [0.2, 0.25) is 5.91 Å². The molecule has 9 heteroatoms. The Labute approximate surface area is 163 Å². The lowest BCUT2D eigenvalue weighted by molar-refractivity contribution is -0.116. The molecule has 29 heavy (non-hydrogen) atoms. The van der Waals surface area contributed by atoms with Crippen molar-refractivity contribution in [2.75, 3.05) is 5.32 Å². The van der Waals surface area contributed by atoms with Gasteiger partial charge in [-0.05, 0) is 30.7 Å². The molecule has 0 aliphatic rings. The van der Waals surface area contributed by atoms with Crippen LogP contribution >= 0.6 is 0 Å². The Kier molecular flexibility index (Phi) is 4.63. The van der Waals surface area contributed by atoms with Gasteiger partial charge in [-0.25, -0.2) is 18.4 Å². The number of halogens is 2. The van der Waals surface area contributed by atoms with Crippen molar-refractivity contribution in [3.05, 3.63) is 82.5 Å². The molecule has 0 atom stereocenters. The maximum atomic E-state index is 13.7. The number of aromatic nitrogens is 4. The highest BCUT2D eigenvalue weighted by molar-refractivity contribution is 5.90. The van der Waals surface area contributed by atoms with Crippen LogP contribution in [0.2, 0.25) is 0 Å². The molecule has 4 aromatic rings. The van der Waals surface area contributed by atoms with Crippen molar-refractivity contribution in [3.8, 4) is 5.69 Å². The summed E-state index contributed by atoms with van der Waals surface area (Å²) in [6, 6.07) is 10.3. The molecule has 0 spiro atoms. The van der Waals surface area contributed by atoms with E-state index in [2.05, 4.69) is 15.4 Å². The molecule has 2 aromatic heterocycles. The number of hydrogen-bond donors (Lipinski definition) is 1. The average molecular weight is 395 g/mol. The minimum atomic E-state index is -0.904. The first kappa shape index (κ1) is 18.5. The monoisotopic (exact) mass is 395 g/mol. The predicted octanol–water partition coefficient (Wildman–Crippen LogP) is 2.81. The lowest BCUT2D eigenvalue weighted by atomic mass is 10.2. The van der Waals surface area contributed by atoms with Crippen LogP contribution < -0.4 is 10.9 Å². The highest BCUT2D eigenvalue weighted by Crippen LogP contribution is 2.17. The molecule has 0 radical (unpaired) electrons. The van der Waals surface area contributed by atoms with Crippen molar-refractivity contribution >= 4 is 22.6 Å². The van der Waals surface area contributed by atoms with Crippen LogP contribution in [0.1, 0.15) is 5.56 Å². The molecule has 0 aliphatic carbocycles. The van der Waals surface area contributed by atoms with Crippen LogP contribution in [0.4, 0.5) is 14.5 Å². The lowest BCUT2D eigenvalue weighted by Crippen LogP contribution is -2.28. The van der Waals surface area contributed by atoms with Gasteiger partial charge in [0.1, 0.15) is 29.9 Å². The third-order valence-electron chi connectivity index (χ3n) is 4.42. The summed E-state index contributed by atoms with van der Waals surface area (Å²) in [6.45, 7) is 1.54. The highest BCUT2D eigenvalue weighted by Gasteiger charge is 2.15. The first-order valence-electron chi connectivity index (χ1n) is 8.68. The fourth-order valence-electron chi connectivity index (χ4n) is 2.97. The number of nitrogens with zero attached hydrogens (tertiary/aromatic N) is 4. The maximum absolute atomic E-state index is 13.7. The van der Waals surface area contributed by atoms with Gasteiger partial charge in [0, 0.05) is 6.07 Å². The summed E-state index contributed by atoms with van der Waals surface area (Å²) in [5.74, 6) is -2.30. The number of aryl methyl sites for hydroxylation is 1. The van der Waals surface area contributed by atoms with Gasteiger partial charge < -0.3 is 5.32 Å². The minimum Gasteiger partial charge on any atom is -0.322 e. The van der Waals surface area contributed by atoms with Crippen LogP contribution in [-0.4, -0.2) is 25.2 Å². The van der Waals surface area contributed by atoms with E-state index in [9.17, 15) is 18.4 Å². The molecule has 2 aromatic carbocycles. The maximum Gasteiger partial charge on any atom is 0.264 e.